The van der Waals surface area contributed by atoms with Crippen molar-refractivity contribution in [3.8, 4) is 44.5 Å². The lowest BCUT2D eigenvalue weighted by molar-refractivity contribution is 0.671. The SMILES string of the molecule is [2H]c1c(-c2cccc3c2oc2c(-c4ccc5ccccc5c4)cccc23)c([2H])c2c([2H])c([2H])c(-c3c4ccccc4c(-c4ccccc4)c4ccccc34)c([2H])c2c1[2H]. The lowest BCUT2D eigenvalue weighted by atomic mass is 9.85. The van der Waals surface area contributed by atoms with Gasteiger partial charge in [-0.2, -0.15) is 0 Å². The minimum atomic E-state index is -0.273. The van der Waals surface area contributed by atoms with Gasteiger partial charge in [0.15, 0.2) is 0 Å². The summed E-state index contributed by atoms with van der Waals surface area (Å²) in [6.45, 7) is 0. The molecular weight excluding hydrogens is 641 g/mol. The fraction of sp³-hybridized carbons (Fsp3) is 0. The lowest BCUT2D eigenvalue weighted by Crippen LogP contribution is -1.90. The molecule has 0 bridgehead atoms. The van der Waals surface area contributed by atoms with Crippen LogP contribution in [0.3, 0.4) is 0 Å². The molecule has 1 heterocycles. The molecule has 0 radical (unpaired) electrons. The summed E-state index contributed by atoms with van der Waals surface area (Å²) in [6, 6.07) is 50.8. The van der Waals surface area contributed by atoms with Crippen molar-refractivity contribution in [1.29, 1.82) is 0 Å². The van der Waals surface area contributed by atoms with Gasteiger partial charge in [0.1, 0.15) is 11.2 Å². The van der Waals surface area contributed by atoms with Crippen molar-refractivity contribution in [3.05, 3.63) is 194 Å². The molecule has 0 saturated carbocycles. The Kier molecular flexibility index (Phi) is 5.40. The maximum atomic E-state index is 9.74. The molecule has 0 atom stereocenters. The molecule has 246 valence electrons. The van der Waals surface area contributed by atoms with Gasteiger partial charge in [0.25, 0.3) is 0 Å². The monoisotopic (exact) mass is 678 g/mol. The first-order valence-corrected chi connectivity index (χ1v) is 17.8. The minimum Gasteiger partial charge on any atom is -0.455 e. The third-order valence-electron chi connectivity index (χ3n) is 10.5. The van der Waals surface area contributed by atoms with E-state index in [2.05, 4.69) is 42.5 Å². The average molecular weight is 679 g/mol. The van der Waals surface area contributed by atoms with Gasteiger partial charge in [-0.1, -0.05) is 176 Å². The number of hydrogen-bond donors (Lipinski definition) is 0. The summed E-state index contributed by atoms with van der Waals surface area (Å²) in [5.74, 6) is 0. The maximum absolute atomic E-state index is 9.74. The zero-order chi connectivity index (χ0) is 40.1. The number of rotatable bonds is 4. The smallest absolute Gasteiger partial charge is 0.143 e. The Balaban J connectivity index is 1.16. The molecule has 0 N–H and O–H groups in total. The average Bonchev–Trinajstić information content (AvgIpc) is 3.66. The van der Waals surface area contributed by atoms with Crippen molar-refractivity contribution < 1.29 is 12.6 Å². The zero-order valence-corrected chi connectivity index (χ0v) is 28.4. The van der Waals surface area contributed by atoms with E-state index in [0.29, 0.717) is 22.3 Å². The summed E-state index contributed by atoms with van der Waals surface area (Å²) in [4.78, 5) is 0. The number of para-hydroxylation sites is 2. The first-order chi connectivity index (χ1) is 28.8. The molecule has 1 nitrogen and oxygen atoms in total. The molecule has 0 saturated heterocycles. The molecule has 11 aromatic rings. The van der Waals surface area contributed by atoms with Gasteiger partial charge in [-0.05, 0) is 94.6 Å². The number of fused-ring (bicyclic) bond motifs is 7. The molecule has 10 aromatic carbocycles. The predicted octanol–water partition coefficient (Wildman–Crippen LogP) is 14.9. The van der Waals surface area contributed by atoms with Crippen LogP contribution in [0.25, 0.3) is 110 Å². The van der Waals surface area contributed by atoms with Crippen LogP contribution in [0.4, 0.5) is 0 Å². The van der Waals surface area contributed by atoms with Crippen molar-refractivity contribution in [3.63, 3.8) is 0 Å². The highest BCUT2D eigenvalue weighted by Gasteiger charge is 2.18. The molecule has 1 heteroatoms. The molecule has 1 aromatic heterocycles. The van der Waals surface area contributed by atoms with Gasteiger partial charge in [0.05, 0.1) is 8.22 Å². The highest BCUT2D eigenvalue weighted by molar-refractivity contribution is 6.22. The fourth-order valence-electron chi connectivity index (χ4n) is 8.05. The Hall–Kier alpha value is -6.96. The van der Waals surface area contributed by atoms with Crippen molar-refractivity contribution >= 4 is 65.0 Å². The summed E-state index contributed by atoms with van der Waals surface area (Å²) in [5, 5.41) is 7.42. The molecule has 0 fully saturated rings. The normalized spacial score (nSPS) is 13.4. The van der Waals surface area contributed by atoms with Crippen LogP contribution in [0.15, 0.2) is 198 Å². The molecule has 53 heavy (non-hydrogen) atoms. The topological polar surface area (TPSA) is 13.1 Å². The highest BCUT2D eigenvalue weighted by atomic mass is 16.3. The third kappa shape index (κ3) is 4.71. The van der Waals surface area contributed by atoms with Gasteiger partial charge in [0, 0.05) is 21.9 Å². The summed E-state index contributed by atoms with van der Waals surface area (Å²) in [7, 11) is 0. The van der Waals surface area contributed by atoms with E-state index in [1.807, 2.05) is 109 Å². The van der Waals surface area contributed by atoms with Crippen LogP contribution in [-0.2, 0) is 0 Å². The van der Waals surface area contributed by atoms with Gasteiger partial charge in [-0.15, -0.1) is 0 Å². The molecule has 0 unspecified atom stereocenters. The highest BCUT2D eigenvalue weighted by Crippen LogP contribution is 2.45. The predicted molar refractivity (Wildman–Crippen MR) is 225 cm³/mol. The molecule has 0 amide bonds. The van der Waals surface area contributed by atoms with E-state index >= 15 is 0 Å². The van der Waals surface area contributed by atoms with Crippen LogP contribution < -0.4 is 0 Å². The fourth-order valence-corrected chi connectivity index (χ4v) is 8.05. The number of benzene rings is 10. The molecule has 0 aliphatic carbocycles. The second-order valence-electron chi connectivity index (χ2n) is 13.5. The van der Waals surface area contributed by atoms with Gasteiger partial charge in [0.2, 0.25) is 0 Å². The van der Waals surface area contributed by atoms with Crippen molar-refractivity contribution in [2.75, 3.05) is 0 Å². The zero-order valence-electron chi connectivity index (χ0n) is 34.4. The van der Waals surface area contributed by atoms with E-state index in [1.54, 1.807) is 6.07 Å². The van der Waals surface area contributed by atoms with Crippen LogP contribution in [0.1, 0.15) is 8.22 Å². The molecular formula is C52H32O. The van der Waals surface area contributed by atoms with Crippen LogP contribution in [0.5, 0.6) is 0 Å². The van der Waals surface area contributed by atoms with E-state index in [9.17, 15) is 8.22 Å². The number of hydrogen-bond acceptors (Lipinski definition) is 1. The van der Waals surface area contributed by atoms with Crippen LogP contribution in [-0.4, -0.2) is 0 Å². The van der Waals surface area contributed by atoms with E-state index in [4.69, 9.17) is 4.42 Å². The van der Waals surface area contributed by atoms with Crippen molar-refractivity contribution in [2.45, 2.75) is 0 Å². The molecule has 0 spiro atoms. The summed E-state index contributed by atoms with van der Waals surface area (Å²) >= 11 is 0. The molecule has 0 aliphatic heterocycles. The lowest BCUT2D eigenvalue weighted by Gasteiger charge is -2.18. The minimum absolute atomic E-state index is 0.000710. The van der Waals surface area contributed by atoms with Crippen molar-refractivity contribution in [2.24, 2.45) is 0 Å². The van der Waals surface area contributed by atoms with E-state index in [0.717, 1.165) is 65.3 Å². The van der Waals surface area contributed by atoms with E-state index in [1.165, 1.54) is 0 Å². The van der Waals surface area contributed by atoms with Crippen LogP contribution in [0, 0.1) is 0 Å². The third-order valence-corrected chi connectivity index (χ3v) is 10.5. The summed E-state index contributed by atoms with van der Waals surface area (Å²) in [6.07, 6.45) is 0. The van der Waals surface area contributed by atoms with E-state index < -0.39 is 0 Å². The second-order valence-corrected chi connectivity index (χ2v) is 13.5. The standard InChI is InChI=1S/C52H32O/c1-2-13-34(14-3-1)49-43-16-6-8-18-45(43)50(46-19-9-7-17-44(46)49)40-29-26-36-31-39(28-25-37(36)32-40)42-21-11-23-48-47-22-10-20-41(51(47)53-52(42)48)38-27-24-33-12-4-5-15-35(33)30-38/h1-32H/i25D,26D,28D,29D,31D,32D. The molecule has 11 rings (SSSR count). The molecule has 0 aliphatic rings. The van der Waals surface area contributed by atoms with Gasteiger partial charge in [-0.3, -0.25) is 0 Å². The van der Waals surface area contributed by atoms with Gasteiger partial charge < -0.3 is 4.42 Å². The second kappa shape index (κ2) is 11.8. The van der Waals surface area contributed by atoms with E-state index in [-0.39, 0.29) is 58.2 Å². The van der Waals surface area contributed by atoms with Gasteiger partial charge >= 0.3 is 0 Å². The Morgan fingerprint density at radius 3 is 1.45 bits per heavy atom. The largest absolute Gasteiger partial charge is 0.455 e. The Morgan fingerprint density at radius 1 is 0.321 bits per heavy atom. The maximum Gasteiger partial charge on any atom is 0.143 e. The first kappa shape index (κ1) is 24.3. The van der Waals surface area contributed by atoms with Gasteiger partial charge in [-0.25, -0.2) is 0 Å². The van der Waals surface area contributed by atoms with Crippen molar-refractivity contribution in [1.82, 2.24) is 0 Å². The Morgan fingerprint density at radius 2 is 0.811 bits per heavy atom. The summed E-state index contributed by atoms with van der Waals surface area (Å²) < 4.78 is 64.1. The quantitative estimate of drug-likeness (QED) is 0.169. The van der Waals surface area contributed by atoms with Crippen LogP contribution >= 0.6 is 0 Å². The Bertz CT molecular complexity index is 3510. The van der Waals surface area contributed by atoms with Crippen LogP contribution in [0.2, 0.25) is 0 Å². The Labute approximate surface area is 315 Å². The first-order valence-electron chi connectivity index (χ1n) is 20.8. The number of furan rings is 1. The summed E-state index contributed by atoms with van der Waals surface area (Å²) in [5.41, 5.74) is 6.50.